The minimum absolute atomic E-state index is 0. The maximum absolute atomic E-state index is 12.8. The van der Waals surface area contributed by atoms with Crippen molar-refractivity contribution in [3.8, 4) is 0 Å². The number of amides is 1. The summed E-state index contributed by atoms with van der Waals surface area (Å²) in [6, 6.07) is 5.01. The number of morpholine rings is 1. The maximum Gasteiger partial charge on any atom is 0.416 e. The third kappa shape index (κ3) is 4.20. The van der Waals surface area contributed by atoms with Crippen LogP contribution in [0.5, 0.6) is 0 Å². The second-order valence-corrected chi connectivity index (χ2v) is 6.16. The van der Waals surface area contributed by atoms with E-state index in [1.54, 1.807) is 6.07 Å². The fourth-order valence-electron chi connectivity index (χ4n) is 2.86. The van der Waals surface area contributed by atoms with Crippen LogP contribution >= 0.6 is 12.4 Å². The van der Waals surface area contributed by atoms with E-state index in [1.807, 2.05) is 0 Å². The second kappa shape index (κ2) is 7.29. The van der Waals surface area contributed by atoms with E-state index in [0.29, 0.717) is 31.9 Å². The molecule has 0 aromatic heterocycles. The molecule has 24 heavy (non-hydrogen) atoms. The normalized spacial score (nSPS) is 22.4. The highest BCUT2D eigenvalue weighted by Gasteiger charge is 2.45. The number of nitrogens with one attached hydrogen (secondary N) is 2. The Morgan fingerprint density at radius 1 is 1.38 bits per heavy atom. The number of alkyl halides is 3. The van der Waals surface area contributed by atoms with E-state index in [0.717, 1.165) is 18.9 Å². The SMILES string of the molecule is Cl.O=C(NCC1(c2cccc(C(F)(F)F)c2)CC1)C1COCCN1. The van der Waals surface area contributed by atoms with Gasteiger partial charge >= 0.3 is 6.18 Å². The molecule has 2 aliphatic rings. The molecule has 1 aromatic rings. The van der Waals surface area contributed by atoms with Crippen LogP contribution in [0.4, 0.5) is 13.2 Å². The summed E-state index contributed by atoms with van der Waals surface area (Å²) in [6.07, 6.45) is -2.79. The molecular weight excluding hydrogens is 345 g/mol. The van der Waals surface area contributed by atoms with E-state index in [-0.39, 0.29) is 29.8 Å². The first kappa shape index (κ1) is 19.0. The molecule has 0 bridgehead atoms. The quantitative estimate of drug-likeness (QED) is 0.861. The third-order valence-corrected chi connectivity index (χ3v) is 4.49. The molecule has 2 N–H and O–H groups in total. The smallest absolute Gasteiger partial charge is 0.378 e. The van der Waals surface area contributed by atoms with Crippen LogP contribution in [0.25, 0.3) is 0 Å². The predicted molar refractivity (Wildman–Crippen MR) is 85.2 cm³/mol. The molecule has 2 fully saturated rings. The van der Waals surface area contributed by atoms with Crippen molar-refractivity contribution in [1.82, 2.24) is 10.6 Å². The van der Waals surface area contributed by atoms with Gasteiger partial charge in [0.25, 0.3) is 0 Å². The summed E-state index contributed by atoms with van der Waals surface area (Å²) < 4.78 is 43.8. The summed E-state index contributed by atoms with van der Waals surface area (Å²) in [5.74, 6) is -0.164. The zero-order valence-electron chi connectivity index (χ0n) is 13.0. The first-order valence-electron chi connectivity index (χ1n) is 7.67. The summed E-state index contributed by atoms with van der Waals surface area (Å²) in [5.41, 5.74) is -0.373. The number of carbonyl (C=O) groups excluding carboxylic acids is 1. The molecule has 1 unspecified atom stereocenters. The van der Waals surface area contributed by atoms with Crippen molar-refractivity contribution in [2.75, 3.05) is 26.3 Å². The van der Waals surface area contributed by atoms with Crippen molar-refractivity contribution in [3.05, 3.63) is 35.4 Å². The summed E-state index contributed by atoms with van der Waals surface area (Å²) in [4.78, 5) is 12.1. The lowest BCUT2D eigenvalue weighted by atomic mass is 9.94. The van der Waals surface area contributed by atoms with E-state index >= 15 is 0 Å². The summed E-state index contributed by atoms with van der Waals surface area (Å²) in [6.45, 7) is 1.88. The Balaban J connectivity index is 0.00000208. The molecule has 1 saturated heterocycles. The first-order valence-corrected chi connectivity index (χ1v) is 7.67. The van der Waals surface area contributed by atoms with Crippen LogP contribution in [0.3, 0.4) is 0 Å². The number of ether oxygens (including phenoxy) is 1. The highest BCUT2D eigenvalue weighted by Crippen LogP contribution is 2.48. The molecule has 0 spiro atoms. The van der Waals surface area contributed by atoms with E-state index < -0.39 is 11.7 Å². The molecule has 1 aliphatic heterocycles. The molecule has 4 nitrogen and oxygen atoms in total. The average Bonchev–Trinajstić information content (AvgIpc) is 3.34. The Morgan fingerprint density at radius 3 is 2.71 bits per heavy atom. The van der Waals surface area contributed by atoms with Crippen molar-refractivity contribution in [2.24, 2.45) is 0 Å². The van der Waals surface area contributed by atoms with E-state index in [4.69, 9.17) is 4.74 Å². The summed E-state index contributed by atoms with van der Waals surface area (Å²) in [7, 11) is 0. The van der Waals surface area contributed by atoms with E-state index in [9.17, 15) is 18.0 Å². The fourth-order valence-corrected chi connectivity index (χ4v) is 2.86. The fraction of sp³-hybridized carbons (Fsp3) is 0.562. The predicted octanol–water partition coefficient (Wildman–Crippen LogP) is 2.26. The van der Waals surface area contributed by atoms with E-state index in [2.05, 4.69) is 10.6 Å². The monoisotopic (exact) mass is 364 g/mol. The Hall–Kier alpha value is -1.31. The second-order valence-electron chi connectivity index (χ2n) is 6.16. The number of benzene rings is 1. The summed E-state index contributed by atoms with van der Waals surface area (Å²) in [5, 5.41) is 5.91. The van der Waals surface area contributed by atoms with Gasteiger partial charge in [-0.25, -0.2) is 0 Å². The Morgan fingerprint density at radius 2 is 2.12 bits per heavy atom. The Bertz CT molecular complexity index is 585. The van der Waals surface area contributed by atoms with Crippen LogP contribution < -0.4 is 10.6 Å². The van der Waals surface area contributed by atoms with Crippen LogP contribution in [0.1, 0.15) is 24.0 Å². The highest BCUT2D eigenvalue weighted by molar-refractivity contribution is 5.85. The van der Waals surface area contributed by atoms with Gasteiger partial charge in [-0.1, -0.05) is 18.2 Å². The molecule has 1 atom stereocenters. The van der Waals surface area contributed by atoms with Crippen LogP contribution in [-0.2, 0) is 21.1 Å². The zero-order chi connectivity index (χ0) is 16.5. The molecule has 0 radical (unpaired) electrons. The molecule has 1 aliphatic carbocycles. The Kier molecular flexibility index (Phi) is 5.78. The van der Waals surface area contributed by atoms with Crippen LogP contribution in [-0.4, -0.2) is 38.3 Å². The van der Waals surface area contributed by atoms with Gasteiger partial charge in [-0.2, -0.15) is 13.2 Å². The number of halogens is 4. The summed E-state index contributed by atoms with van der Waals surface area (Å²) >= 11 is 0. The van der Waals surface area contributed by atoms with Gasteiger partial charge in [0, 0.05) is 18.5 Å². The maximum atomic E-state index is 12.8. The van der Waals surface area contributed by atoms with Crippen molar-refractivity contribution in [2.45, 2.75) is 30.5 Å². The van der Waals surface area contributed by atoms with Crippen LogP contribution in [0.2, 0.25) is 0 Å². The van der Waals surface area contributed by atoms with Crippen LogP contribution in [0, 0.1) is 0 Å². The average molecular weight is 365 g/mol. The molecule has 3 rings (SSSR count). The van der Waals surface area contributed by atoms with Gasteiger partial charge in [0.05, 0.1) is 18.8 Å². The number of rotatable bonds is 4. The molecule has 134 valence electrons. The molecular formula is C16H20ClF3N2O2. The molecule has 8 heteroatoms. The minimum atomic E-state index is -4.35. The lowest BCUT2D eigenvalue weighted by Gasteiger charge is -2.24. The van der Waals surface area contributed by atoms with Crippen LogP contribution in [0.15, 0.2) is 24.3 Å². The van der Waals surface area contributed by atoms with Crippen molar-refractivity contribution >= 4 is 18.3 Å². The van der Waals surface area contributed by atoms with Gasteiger partial charge in [0.2, 0.25) is 5.91 Å². The molecule has 1 aromatic carbocycles. The van der Waals surface area contributed by atoms with Crippen molar-refractivity contribution in [1.29, 1.82) is 0 Å². The highest BCUT2D eigenvalue weighted by atomic mass is 35.5. The first-order chi connectivity index (χ1) is 10.9. The molecule has 1 heterocycles. The number of hydrogen-bond acceptors (Lipinski definition) is 3. The molecule has 1 amide bonds. The lowest BCUT2D eigenvalue weighted by molar-refractivity contribution is -0.137. The minimum Gasteiger partial charge on any atom is -0.378 e. The van der Waals surface area contributed by atoms with Gasteiger partial charge in [-0.05, 0) is 24.5 Å². The van der Waals surface area contributed by atoms with Gasteiger partial charge in [0.15, 0.2) is 0 Å². The van der Waals surface area contributed by atoms with Crippen molar-refractivity contribution in [3.63, 3.8) is 0 Å². The zero-order valence-corrected chi connectivity index (χ0v) is 13.8. The lowest BCUT2D eigenvalue weighted by Crippen LogP contribution is -2.52. The van der Waals surface area contributed by atoms with Gasteiger partial charge < -0.3 is 15.4 Å². The van der Waals surface area contributed by atoms with Gasteiger partial charge in [0.1, 0.15) is 6.04 Å². The van der Waals surface area contributed by atoms with Crippen molar-refractivity contribution < 1.29 is 22.7 Å². The number of hydrogen-bond donors (Lipinski definition) is 2. The van der Waals surface area contributed by atoms with Gasteiger partial charge in [-0.3, -0.25) is 4.79 Å². The Labute approximate surface area is 144 Å². The van der Waals surface area contributed by atoms with Gasteiger partial charge in [-0.15, -0.1) is 12.4 Å². The largest absolute Gasteiger partial charge is 0.416 e. The molecule has 1 saturated carbocycles. The number of carbonyl (C=O) groups is 1. The third-order valence-electron chi connectivity index (χ3n) is 4.49. The standard InChI is InChI=1S/C16H19F3N2O2.ClH/c17-16(18,19)12-3-1-2-11(8-12)15(4-5-15)10-21-14(22)13-9-23-7-6-20-13;/h1-3,8,13,20H,4-7,9-10H2,(H,21,22);1H. The van der Waals surface area contributed by atoms with E-state index in [1.165, 1.54) is 12.1 Å². The topological polar surface area (TPSA) is 50.4 Å².